The zero-order chi connectivity index (χ0) is 11.2. The lowest BCUT2D eigenvalue weighted by Gasteiger charge is -1.97. The average Bonchev–Trinajstić information content (AvgIpc) is 2.79. The Morgan fingerprint density at radius 3 is 3.06 bits per heavy atom. The zero-order valence-corrected chi connectivity index (χ0v) is 9.57. The number of thiazole rings is 1. The molecule has 0 aliphatic heterocycles. The average molecular weight is 235 g/mol. The Hall–Kier alpha value is -1.30. The maximum Gasteiger partial charge on any atom is 0.125 e. The molecule has 2 aromatic rings. The highest BCUT2D eigenvalue weighted by molar-refractivity contribution is 7.15. The van der Waals surface area contributed by atoms with Gasteiger partial charge in [-0.1, -0.05) is 0 Å². The van der Waals surface area contributed by atoms with Gasteiger partial charge in [0.25, 0.3) is 0 Å². The first-order valence-corrected chi connectivity index (χ1v) is 5.88. The van der Waals surface area contributed by atoms with Crippen LogP contribution < -0.4 is 5.32 Å². The maximum atomic E-state index is 8.64. The van der Waals surface area contributed by atoms with E-state index in [0.29, 0.717) is 6.54 Å². The maximum absolute atomic E-state index is 8.64. The number of pyridine rings is 1. The molecule has 2 rings (SSSR count). The molecule has 0 atom stereocenters. The summed E-state index contributed by atoms with van der Waals surface area (Å²) in [7, 11) is 0. The molecule has 0 saturated heterocycles. The molecule has 16 heavy (non-hydrogen) atoms. The summed E-state index contributed by atoms with van der Waals surface area (Å²) in [5, 5.41) is 12.7. The number of nitrogens with zero attached hydrogens (tertiary/aromatic N) is 2. The third-order valence-electron chi connectivity index (χ3n) is 2.05. The molecule has 0 fully saturated rings. The number of hydrogen-bond acceptors (Lipinski definition) is 5. The van der Waals surface area contributed by atoms with Crippen LogP contribution in [0.4, 0.5) is 0 Å². The van der Waals surface area contributed by atoms with Crippen molar-refractivity contribution in [2.45, 2.75) is 6.54 Å². The van der Waals surface area contributed by atoms with Gasteiger partial charge in [-0.3, -0.25) is 4.98 Å². The van der Waals surface area contributed by atoms with E-state index in [9.17, 15) is 0 Å². The van der Waals surface area contributed by atoms with E-state index in [0.717, 1.165) is 22.0 Å². The van der Waals surface area contributed by atoms with Gasteiger partial charge >= 0.3 is 0 Å². The Labute approximate surface area is 98.0 Å². The van der Waals surface area contributed by atoms with E-state index >= 15 is 0 Å². The molecule has 2 aromatic heterocycles. The van der Waals surface area contributed by atoms with E-state index in [1.165, 1.54) is 0 Å². The van der Waals surface area contributed by atoms with Crippen LogP contribution in [0.5, 0.6) is 0 Å². The molecule has 2 N–H and O–H groups in total. The van der Waals surface area contributed by atoms with E-state index < -0.39 is 0 Å². The van der Waals surface area contributed by atoms with Crippen LogP contribution in [0.25, 0.3) is 10.6 Å². The molecule has 0 unspecified atom stereocenters. The topological polar surface area (TPSA) is 58.0 Å². The predicted octanol–water partition coefficient (Wildman–Crippen LogP) is 1.29. The first-order chi connectivity index (χ1) is 7.90. The van der Waals surface area contributed by atoms with Gasteiger partial charge in [0.15, 0.2) is 0 Å². The molecular weight excluding hydrogens is 222 g/mol. The Morgan fingerprint density at radius 2 is 2.31 bits per heavy atom. The van der Waals surface area contributed by atoms with Crippen molar-refractivity contribution in [1.29, 1.82) is 0 Å². The summed E-state index contributed by atoms with van der Waals surface area (Å²) in [6, 6.07) is 3.90. The molecule has 0 radical (unpaired) electrons. The predicted molar refractivity (Wildman–Crippen MR) is 64.1 cm³/mol. The second kappa shape index (κ2) is 5.69. The molecule has 0 bridgehead atoms. The molecule has 5 heteroatoms. The first-order valence-electron chi connectivity index (χ1n) is 5.07. The van der Waals surface area contributed by atoms with Gasteiger partial charge in [-0.25, -0.2) is 4.98 Å². The van der Waals surface area contributed by atoms with E-state index in [-0.39, 0.29) is 6.61 Å². The minimum atomic E-state index is 0.161. The van der Waals surface area contributed by atoms with Gasteiger partial charge in [-0.2, -0.15) is 0 Å². The number of aliphatic hydroxyl groups excluding tert-OH is 1. The van der Waals surface area contributed by atoms with Gasteiger partial charge in [0, 0.05) is 42.1 Å². The monoisotopic (exact) mass is 235 g/mol. The van der Waals surface area contributed by atoms with Crippen LogP contribution in [0.3, 0.4) is 0 Å². The molecule has 4 nitrogen and oxygen atoms in total. The largest absolute Gasteiger partial charge is 0.395 e. The lowest BCUT2D eigenvalue weighted by atomic mass is 10.3. The Kier molecular flexibility index (Phi) is 3.98. The Morgan fingerprint density at radius 1 is 1.38 bits per heavy atom. The third kappa shape index (κ3) is 2.85. The fourth-order valence-corrected chi connectivity index (χ4v) is 2.17. The quantitative estimate of drug-likeness (QED) is 0.767. The summed E-state index contributed by atoms with van der Waals surface area (Å²) in [4.78, 5) is 9.56. The minimum Gasteiger partial charge on any atom is -0.395 e. The second-order valence-electron chi connectivity index (χ2n) is 3.27. The highest BCUT2D eigenvalue weighted by Gasteiger charge is 2.03. The molecule has 0 saturated carbocycles. The van der Waals surface area contributed by atoms with Crippen LogP contribution in [0.15, 0.2) is 30.7 Å². The van der Waals surface area contributed by atoms with E-state index in [4.69, 9.17) is 5.11 Å². The summed E-state index contributed by atoms with van der Waals surface area (Å²) < 4.78 is 0. The van der Waals surface area contributed by atoms with E-state index in [1.807, 2.05) is 24.5 Å². The number of aromatic nitrogens is 2. The molecular formula is C11H13N3OS. The van der Waals surface area contributed by atoms with Crippen molar-refractivity contribution < 1.29 is 5.11 Å². The summed E-state index contributed by atoms with van der Waals surface area (Å²) in [5.41, 5.74) is 1.04. The zero-order valence-electron chi connectivity index (χ0n) is 8.76. The van der Waals surface area contributed by atoms with E-state index in [2.05, 4.69) is 15.3 Å². The number of aliphatic hydroxyl groups is 1. The number of nitrogens with one attached hydrogen (secondary N) is 1. The van der Waals surface area contributed by atoms with Gasteiger partial charge < -0.3 is 10.4 Å². The molecule has 0 amide bonds. The Bertz CT molecular complexity index is 430. The van der Waals surface area contributed by atoms with Crippen LogP contribution in [-0.2, 0) is 6.54 Å². The summed E-state index contributed by atoms with van der Waals surface area (Å²) in [5.74, 6) is 0. The molecule has 0 aromatic carbocycles. The summed E-state index contributed by atoms with van der Waals surface area (Å²) in [6.45, 7) is 1.52. The molecule has 84 valence electrons. The van der Waals surface area contributed by atoms with Crippen molar-refractivity contribution in [3.05, 3.63) is 35.6 Å². The van der Waals surface area contributed by atoms with Gasteiger partial charge in [-0.15, -0.1) is 11.3 Å². The standard InChI is InChI=1S/C11H13N3OS/c15-5-4-13-7-10-8-14-11(16-10)9-2-1-3-12-6-9/h1-3,6,8,13,15H,4-5,7H2. The van der Waals surface area contributed by atoms with Crippen molar-refractivity contribution in [3.63, 3.8) is 0 Å². The van der Waals surface area contributed by atoms with Crippen LogP contribution >= 0.6 is 11.3 Å². The van der Waals surface area contributed by atoms with Crippen LogP contribution in [0, 0.1) is 0 Å². The van der Waals surface area contributed by atoms with Crippen molar-refractivity contribution in [2.24, 2.45) is 0 Å². The van der Waals surface area contributed by atoms with Crippen LogP contribution in [0.1, 0.15) is 4.88 Å². The first kappa shape index (κ1) is 11.2. The third-order valence-corrected chi connectivity index (χ3v) is 3.10. The Balaban J connectivity index is 2.02. The summed E-state index contributed by atoms with van der Waals surface area (Å²) >= 11 is 1.64. The minimum absolute atomic E-state index is 0.161. The van der Waals surface area contributed by atoms with E-state index in [1.54, 1.807) is 17.5 Å². The number of rotatable bonds is 5. The molecule has 0 aliphatic rings. The smallest absolute Gasteiger partial charge is 0.125 e. The lowest BCUT2D eigenvalue weighted by Crippen LogP contribution is -2.16. The van der Waals surface area contributed by atoms with Gasteiger partial charge in [0.2, 0.25) is 0 Å². The molecule has 2 heterocycles. The fraction of sp³-hybridized carbons (Fsp3) is 0.273. The van der Waals surface area contributed by atoms with Crippen LogP contribution in [-0.4, -0.2) is 28.2 Å². The van der Waals surface area contributed by atoms with Crippen molar-refractivity contribution in [1.82, 2.24) is 15.3 Å². The summed E-state index contributed by atoms with van der Waals surface area (Å²) in [6.07, 6.45) is 5.42. The normalized spacial score (nSPS) is 10.6. The second-order valence-corrected chi connectivity index (χ2v) is 4.39. The highest BCUT2D eigenvalue weighted by Crippen LogP contribution is 2.23. The van der Waals surface area contributed by atoms with Crippen LogP contribution in [0.2, 0.25) is 0 Å². The van der Waals surface area contributed by atoms with Gasteiger partial charge in [0.1, 0.15) is 5.01 Å². The van der Waals surface area contributed by atoms with Gasteiger partial charge in [-0.05, 0) is 12.1 Å². The molecule has 0 spiro atoms. The van der Waals surface area contributed by atoms with Crippen molar-refractivity contribution >= 4 is 11.3 Å². The lowest BCUT2D eigenvalue weighted by molar-refractivity contribution is 0.292. The molecule has 0 aliphatic carbocycles. The van der Waals surface area contributed by atoms with Gasteiger partial charge in [0.05, 0.1) is 6.61 Å². The number of hydrogen-bond donors (Lipinski definition) is 2. The highest BCUT2D eigenvalue weighted by atomic mass is 32.1. The van der Waals surface area contributed by atoms with Crippen molar-refractivity contribution in [2.75, 3.05) is 13.2 Å². The SMILES string of the molecule is OCCNCc1cnc(-c2cccnc2)s1. The fourth-order valence-electron chi connectivity index (χ4n) is 1.30. The van der Waals surface area contributed by atoms with Crippen molar-refractivity contribution in [3.8, 4) is 10.6 Å².